The summed E-state index contributed by atoms with van der Waals surface area (Å²) in [5, 5.41) is 3.26. The normalized spacial score (nSPS) is 16.8. The van der Waals surface area contributed by atoms with Crippen LogP contribution in [0.5, 0.6) is 5.75 Å². The minimum absolute atomic E-state index is 0.0723. The number of aromatic nitrogens is 1. The third-order valence-electron chi connectivity index (χ3n) is 6.06. The van der Waals surface area contributed by atoms with Gasteiger partial charge < -0.3 is 9.64 Å². The second-order valence-electron chi connectivity index (χ2n) is 7.99. The van der Waals surface area contributed by atoms with Crippen molar-refractivity contribution >= 4 is 28.0 Å². The van der Waals surface area contributed by atoms with E-state index in [1.54, 1.807) is 0 Å². The van der Waals surface area contributed by atoms with E-state index in [4.69, 9.17) is 9.72 Å². The first-order valence-electron chi connectivity index (χ1n) is 10.9. The molecule has 1 amide bonds. The number of rotatable bonds is 5. The summed E-state index contributed by atoms with van der Waals surface area (Å²) in [5.74, 6) is 0.754. The largest absolute Gasteiger partial charge is 0.493 e. The summed E-state index contributed by atoms with van der Waals surface area (Å²) in [4.78, 5) is 24.2. The summed E-state index contributed by atoms with van der Waals surface area (Å²) in [5.41, 5.74) is 2.02. The lowest BCUT2D eigenvalue weighted by Crippen LogP contribution is -2.48. The third-order valence-corrected chi connectivity index (χ3v) is 7.20. The first-order valence-corrected chi connectivity index (χ1v) is 11.7. The van der Waals surface area contributed by atoms with Crippen molar-refractivity contribution in [3.05, 3.63) is 57.5 Å². The molecule has 1 aromatic heterocycles. The molecule has 1 aliphatic heterocycles. The van der Waals surface area contributed by atoms with Crippen LogP contribution in [0.2, 0.25) is 0 Å². The van der Waals surface area contributed by atoms with E-state index in [9.17, 15) is 4.79 Å². The highest BCUT2D eigenvalue weighted by Gasteiger charge is 2.27. The van der Waals surface area contributed by atoms with Gasteiger partial charge in [0.25, 0.3) is 5.91 Å². The van der Waals surface area contributed by atoms with Crippen molar-refractivity contribution in [1.82, 2.24) is 14.8 Å². The van der Waals surface area contributed by atoms with Crippen molar-refractivity contribution in [3.63, 3.8) is 0 Å². The first kappa shape index (κ1) is 19.5. The molecule has 3 aromatic rings. The molecule has 2 aromatic carbocycles. The quantitative estimate of drug-likeness (QED) is 0.621. The van der Waals surface area contributed by atoms with Crippen LogP contribution >= 0.6 is 11.3 Å². The van der Waals surface area contributed by atoms with E-state index in [-0.39, 0.29) is 5.91 Å². The van der Waals surface area contributed by atoms with Gasteiger partial charge in [0.15, 0.2) is 0 Å². The van der Waals surface area contributed by atoms with Crippen LogP contribution in [0.4, 0.5) is 0 Å². The number of benzene rings is 2. The SMILES string of the molecule is CCOc1ccc2ccccc2c1C(=O)N1CCN(Cc2nc3c(s2)CCC3)CC1. The summed E-state index contributed by atoms with van der Waals surface area (Å²) in [6.07, 6.45) is 3.59. The van der Waals surface area contributed by atoms with Gasteiger partial charge in [0.05, 0.1) is 24.4 Å². The van der Waals surface area contributed by atoms with E-state index in [1.807, 2.05) is 59.6 Å². The van der Waals surface area contributed by atoms with Crippen LogP contribution in [0.25, 0.3) is 10.8 Å². The van der Waals surface area contributed by atoms with Crippen molar-refractivity contribution in [3.8, 4) is 5.75 Å². The highest BCUT2D eigenvalue weighted by molar-refractivity contribution is 7.11. The summed E-state index contributed by atoms with van der Waals surface area (Å²) in [7, 11) is 0. The van der Waals surface area contributed by atoms with E-state index in [0.717, 1.165) is 49.9 Å². The Bertz CT molecular complexity index is 1050. The van der Waals surface area contributed by atoms with Gasteiger partial charge in [-0.15, -0.1) is 11.3 Å². The molecular weight excluding hydrogens is 394 g/mol. The average Bonchev–Trinajstić information content (AvgIpc) is 3.36. The Morgan fingerprint density at radius 2 is 1.93 bits per heavy atom. The number of carbonyl (C=O) groups excluding carboxylic acids is 1. The molecule has 1 aliphatic carbocycles. The number of fused-ring (bicyclic) bond motifs is 2. The van der Waals surface area contributed by atoms with Gasteiger partial charge >= 0.3 is 0 Å². The predicted molar refractivity (Wildman–Crippen MR) is 120 cm³/mol. The van der Waals surface area contributed by atoms with Gasteiger partial charge in [0.1, 0.15) is 10.8 Å². The van der Waals surface area contributed by atoms with Crippen molar-refractivity contribution in [1.29, 1.82) is 0 Å². The smallest absolute Gasteiger partial charge is 0.258 e. The Hall–Kier alpha value is -2.44. The molecule has 0 unspecified atom stereocenters. The van der Waals surface area contributed by atoms with E-state index in [0.29, 0.717) is 17.9 Å². The van der Waals surface area contributed by atoms with Gasteiger partial charge in [-0.05, 0) is 43.0 Å². The number of hydrogen-bond acceptors (Lipinski definition) is 5. The number of piperazine rings is 1. The molecule has 5 nitrogen and oxygen atoms in total. The average molecular weight is 422 g/mol. The van der Waals surface area contributed by atoms with Crippen LogP contribution in [0.1, 0.15) is 39.3 Å². The summed E-state index contributed by atoms with van der Waals surface area (Å²) in [6.45, 7) is 6.63. The Morgan fingerprint density at radius 3 is 2.73 bits per heavy atom. The molecule has 2 heterocycles. The molecule has 6 heteroatoms. The van der Waals surface area contributed by atoms with E-state index in [2.05, 4.69) is 4.90 Å². The fraction of sp³-hybridized carbons (Fsp3) is 0.417. The third kappa shape index (κ3) is 3.70. The molecular formula is C24H27N3O2S. The number of aryl methyl sites for hydroxylation is 2. The van der Waals surface area contributed by atoms with Crippen molar-refractivity contribution < 1.29 is 9.53 Å². The number of ether oxygens (including phenoxy) is 1. The zero-order valence-corrected chi connectivity index (χ0v) is 18.2. The molecule has 0 radical (unpaired) electrons. The zero-order chi connectivity index (χ0) is 20.5. The lowest BCUT2D eigenvalue weighted by Gasteiger charge is -2.34. The topological polar surface area (TPSA) is 45.7 Å². The lowest BCUT2D eigenvalue weighted by molar-refractivity contribution is 0.0626. The predicted octanol–water partition coefficient (Wildman–Crippen LogP) is 4.14. The standard InChI is InChI=1S/C24H27N3O2S/c1-2-29-20-11-10-17-6-3-4-7-18(17)23(20)24(28)27-14-12-26(13-15-27)16-22-25-19-8-5-9-21(19)30-22/h3-4,6-7,10-11H,2,5,8-9,12-16H2,1H3. The Morgan fingerprint density at radius 1 is 1.10 bits per heavy atom. The van der Waals surface area contributed by atoms with Gasteiger partial charge in [0, 0.05) is 31.1 Å². The van der Waals surface area contributed by atoms with Crippen LogP contribution in [0.15, 0.2) is 36.4 Å². The Labute approximate surface area is 181 Å². The number of hydrogen-bond donors (Lipinski definition) is 0. The highest BCUT2D eigenvalue weighted by Crippen LogP contribution is 2.31. The number of amides is 1. The van der Waals surface area contributed by atoms with E-state index < -0.39 is 0 Å². The van der Waals surface area contributed by atoms with Crippen molar-refractivity contribution in [2.45, 2.75) is 32.7 Å². The minimum atomic E-state index is 0.0723. The van der Waals surface area contributed by atoms with Gasteiger partial charge in [0.2, 0.25) is 0 Å². The van der Waals surface area contributed by atoms with Crippen LogP contribution < -0.4 is 4.74 Å². The molecule has 0 spiro atoms. The number of carbonyl (C=O) groups is 1. The van der Waals surface area contributed by atoms with Gasteiger partial charge in [-0.2, -0.15) is 0 Å². The van der Waals surface area contributed by atoms with Crippen LogP contribution in [0, 0.1) is 0 Å². The number of thiazole rings is 1. The second kappa shape index (κ2) is 8.36. The van der Waals surface area contributed by atoms with Crippen LogP contribution in [0.3, 0.4) is 0 Å². The zero-order valence-electron chi connectivity index (χ0n) is 17.4. The van der Waals surface area contributed by atoms with Crippen molar-refractivity contribution in [2.24, 2.45) is 0 Å². The summed E-state index contributed by atoms with van der Waals surface area (Å²) in [6, 6.07) is 12.0. The van der Waals surface area contributed by atoms with Crippen LogP contribution in [-0.2, 0) is 19.4 Å². The molecule has 30 heavy (non-hydrogen) atoms. The fourth-order valence-corrected chi connectivity index (χ4v) is 5.72. The van der Waals surface area contributed by atoms with Crippen molar-refractivity contribution in [2.75, 3.05) is 32.8 Å². The molecule has 156 valence electrons. The van der Waals surface area contributed by atoms with E-state index >= 15 is 0 Å². The maximum atomic E-state index is 13.5. The Kier molecular flexibility index (Phi) is 5.44. The van der Waals surface area contributed by atoms with E-state index in [1.165, 1.54) is 28.4 Å². The Balaban J connectivity index is 1.30. The second-order valence-corrected chi connectivity index (χ2v) is 9.16. The lowest BCUT2D eigenvalue weighted by atomic mass is 10.0. The fourth-order valence-electron chi connectivity index (χ4n) is 4.52. The summed E-state index contributed by atoms with van der Waals surface area (Å²) >= 11 is 1.88. The van der Waals surface area contributed by atoms with Gasteiger partial charge in [-0.25, -0.2) is 4.98 Å². The summed E-state index contributed by atoms with van der Waals surface area (Å²) < 4.78 is 5.82. The number of nitrogens with zero attached hydrogens (tertiary/aromatic N) is 3. The molecule has 0 N–H and O–H groups in total. The monoisotopic (exact) mass is 421 g/mol. The highest BCUT2D eigenvalue weighted by atomic mass is 32.1. The maximum Gasteiger partial charge on any atom is 0.258 e. The maximum absolute atomic E-state index is 13.5. The molecule has 2 aliphatic rings. The molecule has 1 fully saturated rings. The first-order chi connectivity index (χ1) is 14.7. The molecule has 0 saturated carbocycles. The molecule has 1 saturated heterocycles. The molecule has 0 bridgehead atoms. The van der Waals surface area contributed by atoms with Gasteiger partial charge in [-0.3, -0.25) is 9.69 Å². The molecule has 0 atom stereocenters. The molecule has 5 rings (SSSR count). The minimum Gasteiger partial charge on any atom is -0.493 e. The van der Waals surface area contributed by atoms with Gasteiger partial charge in [-0.1, -0.05) is 30.3 Å². The van der Waals surface area contributed by atoms with Crippen LogP contribution in [-0.4, -0.2) is 53.5 Å².